The van der Waals surface area contributed by atoms with E-state index >= 15 is 0 Å². The molecule has 1 aromatic heterocycles. The Balaban J connectivity index is 1.75. The maximum absolute atomic E-state index is 12.5. The average Bonchev–Trinajstić information content (AvgIpc) is 3.23. The van der Waals surface area contributed by atoms with E-state index in [-0.39, 0.29) is 28.9 Å². The van der Waals surface area contributed by atoms with Crippen LogP contribution in [0.25, 0.3) is 0 Å². The molecule has 3 rings (SSSR count). The Morgan fingerprint density at radius 1 is 1.12 bits per heavy atom. The first-order chi connectivity index (χ1) is 11.6. The summed E-state index contributed by atoms with van der Waals surface area (Å²) < 4.78 is 5.24. The standard InChI is InChI=1S/C18H17NO4S/c1-11(17(21)19-12-8-9-12)23-18(22)14-6-3-2-5-13(14)16(20)15-7-4-10-24-15/h2-7,10-12H,8-9H2,1H3,(H,19,21)/t11-/m0/s1. The van der Waals surface area contributed by atoms with Gasteiger partial charge >= 0.3 is 5.97 Å². The SMILES string of the molecule is C[C@H](OC(=O)c1ccccc1C(=O)c1cccs1)C(=O)NC1CC1. The Morgan fingerprint density at radius 2 is 1.83 bits per heavy atom. The smallest absolute Gasteiger partial charge is 0.339 e. The van der Waals surface area contributed by atoms with Crippen molar-refractivity contribution in [3.63, 3.8) is 0 Å². The molecule has 24 heavy (non-hydrogen) atoms. The van der Waals surface area contributed by atoms with Gasteiger partial charge in [-0.1, -0.05) is 24.3 Å². The van der Waals surface area contributed by atoms with Crippen molar-refractivity contribution in [3.8, 4) is 0 Å². The van der Waals surface area contributed by atoms with Crippen LogP contribution in [-0.4, -0.2) is 29.8 Å². The quantitative estimate of drug-likeness (QED) is 0.647. The van der Waals surface area contributed by atoms with Gasteiger partial charge in [0.15, 0.2) is 6.10 Å². The van der Waals surface area contributed by atoms with Crippen LogP contribution in [0.2, 0.25) is 0 Å². The Bertz CT molecular complexity index is 765. The van der Waals surface area contributed by atoms with E-state index < -0.39 is 12.1 Å². The number of esters is 1. The molecule has 0 spiro atoms. The highest BCUT2D eigenvalue weighted by molar-refractivity contribution is 7.12. The van der Waals surface area contributed by atoms with Crippen LogP contribution >= 0.6 is 11.3 Å². The molecule has 6 heteroatoms. The summed E-state index contributed by atoms with van der Waals surface area (Å²) in [7, 11) is 0. The van der Waals surface area contributed by atoms with Crippen molar-refractivity contribution >= 4 is 29.0 Å². The van der Waals surface area contributed by atoms with Crippen LogP contribution in [0.15, 0.2) is 41.8 Å². The fourth-order valence-electron chi connectivity index (χ4n) is 2.22. The highest BCUT2D eigenvalue weighted by atomic mass is 32.1. The molecule has 124 valence electrons. The van der Waals surface area contributed by atoms with Crippen LogP contribution < -0.4 is 5.32 Å². The fraction of sp³-hybridized carbons (Fsp3) is 0.278. The molecule has 1 N–H and O–H groups in total. The zero-order valence-corrected chi connectivity index (χ0v) is 14.0. The maximum atomic E-state index is 12.5. The van der Waals surface area contributed by atoms with E-state index in [9.17, 15) is 14.4 Å². The normalized spacial score (nSPS) is 14.7. The highest BCUT2D eigenvalue weighted by Gasteiger charge is 2.28. The lowest BCUT2D eigenvalue weighted by Gasteiger charge is -2.14. The second-order valence-corrected chi connectivity index (χ2v) is 6.63. The summed E-state index contributed by atoms with van der Waals surface area (Å²) >= 11 is 1.31. The van der Waals surface area contributed by atoms with Gasteiger partial charge in [0.25, 0.3) is 5.91 Å². The molecule has 1 atom stereocenters. The van der Waals surface area contributed by atoms with Crippen LogP contribution in [0.1, 0.15) is 45.4 Å². The first-order valence-corrected chi connectivity index (χ1v) is 8.63. The van der Waals surface area contributed by atoms with Crippen LogP contribution in [0, 0.1) is 0 Å². The van der Waals surface area contributed by atoms with E-state index in [1.807, 2.05) is 0 Å². The number of thiophene rings is 1. The average molecular weight is 343 g/mol. The van der Waals surface area contributed by atoms with Crippen molar-refractivity contribution < 1.29 is 19.1 Å². The number of hydrogen-bond donors (Lipinski definition) is 1. The van der Waals surface area contributed by atoms with Gasteiger partial charge in [0.1, 0.15) is 0 Å². The highest BCUT2D eigenvalue weighted by Crippen LogP contribution is 2.21. The van der Waals surface area contributed by atoms with Gasteiger partial charge < -0.3 is 10.1 Å². The maximum Gasteiger partial charge on any atom is 0.339 e. The molecule has 1 amide bonds. The van der Waals surface area contributed by atoms with E-state index in [0.717, 1.165) is 12.8 Å². The van der Waals surface area contributed by atoms with Crippen molar-refractivity contribution in [2.24, 2.45) is 0 Å². The summed E-state index contributed by atoms with van der Waals surface area (Å²) in [5.41, 5.74) is 0.446. The van der Waals surface area contributed by atoms with Gasteiger partial charge in [0, 0.05) is 11.6 Å². The van der Waals surface area contributed by atoms with Crippen molar-refractivity contribution in [1.82, 2.24) is 5.32 Å². The molecule has 1 fully saturated rings. The number of rotatable bonds is 6. The molecule has 2 aromatic rings. The van der Waals surface area contributed by atoms with Crippen molar-refractivity contribution in [2.75, 3.05) is 0 Å². The van der Waals surface area contributed by atoms with Crippen LogP contribution in [0.4, 0.5) is 0 Å². The largest absolute Gasteiger partial charge is 0.449 e. The molecular weight excluding hydrogens is 326 g/mol. The minimum absolute atomic E-state index is 0.168. The number of amides is 1. The van der Waals surface area contributed by atoms with Gasteiger partial charge in [-0.2, -0.15) is 0 Å². The lowest BCUT2D eigenvalue weighted by atomic mass is 10.0. The van der Waals surface area contributed by atoms with Gasteiger partial charge in [-0.15, -0.1) is 11.3 Å². The zero-order chi connectivity index (χ0) is 17.1. The Morgan fingerprint density at radius 3 is 2.46 bits per heavy atom. The van der Waals surface area contributed by atoms with Gasteiger partial charge in [-0.05, 0) is 37.3 Å². The third-order valence-electron chi connectivity index (χ3n) is 3.71. The van der Waals surface area contributed by atoms with Gasteiger partial charge in [0.05, 0.1) is 10.4 Å². The topological polar surface area (TPSA) is 72.5 Å². The number of nitrogens with one attached hydrogen (secondary N) is 1. The predicted molar refractivity (Wildman–Crippen MR) is 90.2 cm³/mol. The third kappa shape index (κ3) is 3.71. The van der Waals surface area contributed by atoms with E-state index in [1.54, 1.807) is 35.7 Å². The molecule has 0 bridgehead atoms. The molecule has 1 aromatic carbocycles. The second kappa shape index (κ2) is 6.97. The van der Waals surface area contributed by atoms with Gasteiger partial charge in [-0.3, -0.25) is 9.59 Å². The van der Waals surface area contributed by atoms with Crippen molar-refractivity contribution in [3.05, 3.63) is 57.8 Å². The Labute approximate surface area is 143 Å². The fourth-order valence-corrected chi connectivity index (χ4v) is 2.90. The van der Waals surface area contributed by atoms with E-state index in [2.05, 4.69) is 5.32 Å². The first-order valence-electron chi connectivity index (χ1n) is 7.75. The number of ketones is 1. The molecule has 0 radical (unpaired) electrons. The number of benzene rings is 1. The lowest BCUT2D eigenvalue weighted by molar-refractivity contribution is -0.129. The zero-order valence-electron chi connectivity index (χ0n) is 13.2. The van der Waals surface area contributed by atoms with Crippen LogP contribution in [0.3, 0.4) is 0 Å². The van der Waals surface area contributed by atoms with E-state index in [4.69, 9.17) is 4.74 Å². The third-order valence-corrected chi connectivity index (χ3v) is 4.58. The van der Waals surface area contributed by atoms with Gasteiger partial charge in [0.2, 0.25) is 5.78 Å². The van der Waals surface area contributed by atoms with E-state index in [1.165, 1.54) is 24.3 Å². The monoisotopic (exact) mass is 343 g/mol. The lowest BCUT2D eigenvalue weighted by Crippen LogP contribution is -2.37. The summed E-state index contributed by atoms with van der Waals surface area (Å²) in [5, 5.41) is 4.59. The molecule has 1 heterocycles. The summed E-state index contributed by atoms with van der Waals surface area (Å²) in [6, 6.07) is 10.2. The molecule has 0 unspecified atom stereocenters. The molecule has 1 aliphatic rings. The molecule has 5 nitrogen and oxygen atoms in total. The second-order valence-electron chi connectivity index (χ2n) is 5.68. The summed E-state index contributed by atoms with van der Waals surface area (Å²) in [6.45, 7) is 1.53. The Kier molecular flexibility index (Phi) is 4.76. The predicted octanol–water partition coefficient (Wildman–Crippen LogP) is 2.80. The van der Waals surface area contributed by atoms with E-state index in [0.29, 0.717) is 4.88 Å². The first kappa shape index (κ1) is 16.4. The molecular formula is C18H17NO4S. The summed E-state index contributed by atoms with van der Waals surface area (Å²) in [6.07, 6.45) is 1.03. The Hall–Kier alpha value is -2.47. The molecule has 0 saturated heterocycles. The summed E-state index contributed by atoms with van der Waals surface area (Å²) in [4.78, 5) is 37.4. The van der Waals surface area contributed by atoms with Crippen molar-refractivity contribution in [1.29, 1.82) is 0 Å². The number of carbonyl (C=O) groups excluding carboxylic acids is 3. The molecule has 1 saturated carbocycles. The minimum atomic E-state index is -0.900. The minimum Gasteiger partial charge on any atom is -0.449 e. The van der Waals surface area contributed by atoms with Crippen LogP contribution in [0.5, 0.6) is 0 Å². The number of carbonyl (C=O) groups is 3. The summed E-state index contributed by atoms with van der Waals surface area (Å²) in [5.74, 6) is -1.21. The number of hydrogen-bond acceptors (Lipinski definition) is 5. The van der Waals surface area contributed by atoms with Crippen molar-refractivity contribution in [2.45, 2.75) is 31.9 Å². The van der Waals surface area contributed by atoms with Crippen LogP contribution in [-0.2, 0) is 9.53 Å². The number of ether oxygens (including phenoxy) is 1. The van der Waals surface area contributed by atoms with Gasteiger partial charge in [-0.25, -0.2) is 4.79 Å². The molecule has 1 aliphatic carbocycles. The molecule has 0 aliphatic heterocycles.